The Labute approximate surface area is 481 Å². The minimum absolute atomic E-state index is 0.0931. The quantitative estimate of drug-likeness (QED) is 0.0261. The lowest BCUT2D eigenvalue weighted by Crippen LogP contribution is -2.30. The summed E-state index contributed by atoms with van der Waals surface area (Å²) in [7, 11) is 0. The molecule has 0 spiro atoms. The lowest BCUT2D eigenvalue weighted by atomic mass is 10.0. The van der Waals surface area contributed by atoms with Crippen LogP contribution in [0, 0.1) is 0 Å². The molecule has 442 valence electrons. The molecule has 0 aliphatic carbocycles. The first-order valence-electron chi connectivity index (χ1n) is 32.2. The van der Waals surface area contributed by atoms with Crippen molar-refractivity contribution in [2.45, 2.75) is 290 Å². The Morgan fingerprint density at radius 1 is 0.269 bits per heavy atom. The zero-order valence-electron chi connectivity index (χ0n) is 50.6. The first-order chi connectivity index (χ1) is 38.5. The van der Waals surface area contributed by atoms with Crippen LogP contribution >= 0.6 is 0 Å². The van der Waals surface area contributed by atoms with Gasteiger partial charge in [0.15, 0.2) is 6.10 Å². The van der Waals surface area contributed by atoms with Crippen LogP contribution in [0.2, 0.25) is 0 Å². The summed E-state index contributed by atoms with van der Waals surface area (Å²) in [6.45, 7) is 6.47. The Hall–Kier alpha value is -4.45. The number of esters is 3. The van der Waals surface area contributed by atoms with Crippen LogP contribution in [0.3, 0.4) is 0 Å². The summed E-state index contributed by atoms with van der Waals surface area (Å²) < 4.78 is 16.9. The minimum Gasteiger partial charge on any atom is -0.462 e. The number of hydrogen-bond donors (Lipinski definition) is 0. The van der Waals surface area contributed by atoms with Crippen molar-refractivity contribution in [2.24, 2.45) is 0 Å². The van der Waals surface area contributed by atoms with Gasteiger partial charge in [-0.25, -0.2) is 0 Å². The van der Waals surface area contributed by atoms with E-state index < -0.39 is 6.10 Å². The molecule has 78 heavy (non-hydrogen) atoms. The van der Waals surface area contributed by atoms with Gasteiger partial charge in [-0.3, -0.25) is 14.4 Å². The van der Waals surface area contributed by atoms with Crippen LogP contribution in [0.5, 0.6) is 0 Å². The molecule has 0 N–H and O–H groups in total. The SMILES string of the molecule is CC/C=C\C/C=C\C/C=C\C/C=C\C/C=C\C/C=C\C/C=C\C/C=C\CCCCCCC(=O)OCC(COC(=O)CCCCCCCCCCCCCC)OC(=O)CCCCCCCC/C=C\C/C=C\C/C=C\CCCCC. The molecule has 0 amide bonds. The number of carbonyl (C=O) groups excluding carboxylic acids is 3. The highest BCUT2D eigenvalue weighted by atomic mass is 16.6. The molecule has 0 aromatic heterocycles. The van der Waals surface area contributed by atoms with Crippen molar-refractivity contribution in [3.8, 4) is 0 Å². The first kappa shape index (κ1) is 73.5. The zero-order chi connectivity index (χ0) is 56.4. The predicted molar refractivity (Wildman–Crippen MR) is 339 cm³/mol. The van der Waals surface area contributed by atoms with Crippen molar-refractivity contribution in [3.05, 3.63) is 134 Å². The van der Waals surface area contributed by atoms with E-state index in [1.54, 1.807) is 0 Å². The minimum atomic E-state index is -0.800. The van der Waals surface area contributed by atoms with Crippen LogP contribution in [-0.4, -0.2) is 37.2 Å². The van der Waals surface area contributed by atoms with Crippen LogP contribution < -0.4 is 0 Å². The number of ether oxygens (including phenoxy) is 3. The predicted octanol–water partition coefficient (Wildman–Crippen LogP) is 22.2. The molecular formula is C72H118O6. The lowest BCUT2D eigenvalue weighted by Gasteiger charge is -2.18. The Morgan fingerprint density at radius 3 is 0.808 bits per heavy atom. The van der Waals surface area contributed by atoms with E-state index in [1.165, 1.54) is 96.3 Å². The van der Waals surface area contributed by atoms with Gasteiger partial charge in [0.2, 0.25) is 0 Å². The summed E-state index contributed by atoms with van der Waals surface area (Å²) >= 11 is 0. The lowest BCUT2D eigenvalue weighted by molar-refractivity contribution is -0.167. The second kappa shape index (κ2) is 65.1. The van der Waals surface area contributed by atoms with E-state index in [1.807, 2.05) is 0 Å². The van der Waals surface area contributed by atoms with Crippen molar-refractivity contribution < 1.29 is 28.6 Å². The first-order valence-corrected chi connectivity index (χ1v) is 32.2. The molecular weight excluding hydrogens is 961 g/mol. The topological polar surface area (TPSA) is 78.9 Å². The molecule has 0 fully saturated rings. The molecule has 0 aromatic rings. The van der Waals surface area contributed by atoms with E-state index >= 15 is 0 Å². The van der Waals surface area contributed by atoms with E-state index in [9.17, 15) is 14.4 Å². The summed E-state index contributed by atoms with van der Waals surface area (Å²) in [5.41, 5.74) is 0. The highest BCUT2D eigenvalue weighted by molar-refractivity contribution is 5.71. The number of rotatable bonds is 57. The third-order valence-electron chi connectivity index (χ3n) is 13.4. The van der Waals surface area contributed by atoms with Crippen LogP contribution in [0.15, 0.2) is 134 Å². The Bertz CT molecular complexity index is 1670. The largest absolute Gasteiger partial charge is 0.462 e. The summed E-state index contributed by atoms with van der Waals surface area (Å²) in [5.74, 6) is -0.930. The molecule has 0 radical (unpaired) electrons. The third kappa shape index (κ3) is 62.4. The zero-order valence-corrected chi connectivity index (χ0v) is 50.6. The van der Waals surface area contributed by atoms with Crippen molar-refractivity contribution in [1.82, 2.24) is 0 Å². The average Bonchev–Trinajstić information content (AvgIpc) is 3.44. The normalized spacial score (nSPS) is 13.0. The van der Waals surface area contributed by atoms with Gasteiger partial charge in [0.05, 0.1) is 0 Å². The smallest absolute Gasteiger partial charge is 0.306 e. The van der Waals surface area contributed by atoms with E-state index in [4.69, 9.17) is 14.2 Å². The van der Waals surface area contributed by atoms with E-state index in [2.05, 4.69) is 154 Å². The molecule has 0 heterocycles. The van der Waals surface area contributed by atoms with Gasteiger partial charge in [-0.05, 0) is 122 Å². The number of allylic oxidation sites excluding steroid dienone is 22. The van der Waals surface area contributed by atoms with Gasteiger partial charge in [0.1, 0.15) is 13.2 Å². The molecule has 0 rings (SSSR count). The summed E-state index contributed by atoms with van der Waals surface area (Å²) in [6.07, 6.45) is 91.6. The van der Waals surface area contributed by atoms with Gasteiger partial charge < -0.3 is 14.2 Å². The standard InChI is InChI=1S/C72H118O6/c1-4-7-10-13-16-19-22-25-27-29-31-32-33-34-35-36-37-38-39-40-42-43-45-47-50-53-56-59-62-65-71(74)77-68-69(67-76-70(73)64-61-58-55-52-49-24-21-18-15-12-9-6-3)78-72(75)66-63-60-57-54-51-48-46-44-41-30-28-26-23-20-17-14-11-8-5-2/h7,10,16-17,19-20,25-28,31-32,34-35,37-38,40-42,44-45,47,69H,4-6,8-9,11-15,18,21-24,29-30,33,36,39,43,46,48-68H2,1-3H3/b10-7-,19-16-,20-17-,27-25-,28-26-,32-31-,35-34-,38-37-,42-40-,44-41-,47-45-. The number of carbonyl (C=O) groups is 3. The summed E-state index contributed by atoms with van der Waals surface area (Å²) in [5, 5.41) is 0. The number of unbranched alkanes of at least 4 members (excludes halogenated alkanes) is 24. The molecule has 0 saturated carbocycles. The van der Waals surface area contributed by atoms with Crippen LogP contribution in [0.25, 0.3) is 0 Å². The Kier molecular flexibility index (Phi) is 61.4. The van der Waals surface area contributed by atoms with E-state index in [-0.39, 0.29) is 31.1 Å². The van der Waals surface area contributed by atoms with Crippen molar-refractivity contribution in [3.63, 3.8) is 0 Å². The maximum absolute atomic E-state index is 12.9. The van der Waals surface area contributed by atoms with E-state index in [0.29, 0.717) is 19.3 Å². The average molecular weight is 1080 g/mol. The third-order valence-corrected chi connectivity index (χ3v) is 13.4. The fourth-order valence-electron chi connectivity index (χ4n) is 8.58. The Balaban J connectivity index is 4.40. The fourth-order valence-corrected chi connectivity index (χ4v) is 8.58. The maximum atomic E-state index is 12.9. The van der Waals surface area contributed by atoms with Crippen LogP contribution in [0.4, 0.5) is 0 Å². The van der Waals surface area contributed by atoms with Crippen LogP contribution in [0.1, 0.15) is 284 Å². The van der Waals surface area contributed by atoms with Crippen LogP contribution in [-0.2, 0) is 28.6 Å². The Morgan fingerprint density at radius 2 is 0.500 bits per heavy atom. The van der Waals surface area contributed by atoms with Gasteiger partial charge in [0.25, 0.3) is 0 Å². The molecule has 0 aliphatic rings. The van der Waals surface area contributed by atoms with Crippen molar-refractivity contribution in [2.75, 3.05) is 13.2 Å². The molecule has 1 unspecified atom stereocenters. The molecule has 6 heteroatoms. The second-order valence-electron chi connectivity index (χ2n) is 20.9. The maximum Gasteiger partial charge on any atom is 0.306 e. The number of hydrogen-bond acceptors (Lipinski definition) is 6. The highest BCUT2D eigenvalue weighted by Gasteiger charge is 2.19. The van der Waals surface area contributed by atoms with E-state index in [0.717, 1.165) is 148 Å². The summed E-state index contributed by atoms with van der Waals surface area (Å²) in [4.78, 5) is 38.3. The molecule has 6 nitrogen and oxygen atoms in total. The van der Waals surface area contributed by atoms with Crippen molar-refractivity contribution >= 4 is 17.9 Å². The summed E-state index contributed by atoms with van der Waals surface area (Å²) in [6, 6.07) is 0. The highest BCUT2D eigenvalue weighted by Crippen LogP contribution is 2.15. The van der Waals surface area contributed by atoms with Gasteiger partial charge >= 0.3 is 17.9 Å². The molecule has 0 aliphatic heterocycles. The second-order valence-corrected chi connectivity index (χ2v) is 20.9. The van der Waals surface area contributed by atoms with Gasteiger partial charge in [0, 0.05) is 19.3 Å². The van der Waals surface area contributed by atoms with Crippen molar-refractivity contribution in [1.29, 1.82) is 0 Å². The molecule has 0 bridgehead atoms. The molecule has 0 aromatic carbocycles. The van der Waals surface area contributed by atoms with Gasteiger partial charge in [-0.1, -0.05) is 276 Å². The monoisotopic (exact) mass is 1080 g/mol. The molecule has 0 saturated heterocycles. The van der Waals surface area contributed by atoms with Gasteiger partial charge in [-0.15, -0.1) is 0 Å². The molecule has 1 atom stereocenters. The van der Waals surface area contributed by atoms with Gasteiger partial charge in [-0.2, -0.15) is 0 Å². The fraction of sp³-hybridized carbons (Fsp3) is 0.653.